The summed E-state index contributed by atoms with van der Waals surface area (Å²) in [6.45, 7) is 4.14. The van der Waals surface area contributed by atoms with Crippen molar-refractivity contribution in [1.29, 1.82) is 0 Å². The highest BCUT2D eigenvalue weighted by molar-refractivity contribution is 7.16. The molecule has 0 aliphatic carbocycles. The zero-order valence-corrected chi connectivity index (χ0v) is 15.3. The fourth-order valence-electron chi connectivity index (χ4n) is 2.50. The summed E-state index contributed by atoms with van der Waals surface area (Å²) in [4.78, 5) is 28.8. The molecule has 6 heteroatoms. The van der Waals surface area contributed by atoms with Gasteiger partial charge in [0.15, 0.2) is 4.80 Å². The first-order chi connectivity index (χ1) is 11.9. The number of fused-ring (bicyclic) bond motifs is 1. The van der Waals surface area contributed by atoms with Gasteiger partial charge in [0.1, 0.15) is 0 Å². The molecule has 1 heterocycles. The molecular weight excluding hydrogens is 336 g/mol. The molecule has 0 radical (unpaired) electrons. The van der Waals surface area contributed by atoms with Crippen LogP contribution in [0.15, 0.2) is 41.4 Å². The number of aromatic nitrogens is 1. The van der Waals surface area contributed by atoms with Gasteiger partial charge in [-0.1, -0.05) is 11.3 Å². The minimum absolute atomic E-state index is 0.341. The van der Waals surface area contributed by atoms with Gasteiger partial charge in [0, 0.05) is 12.6 Å². The minimum atomic E-state index is -0.433. The summed E-state index contributed by atoms with van der Waals surface area (Å²) in [5, 5.41) is 0. The first-order valence-corrected chi connectivity index (χ1v) is 8.56. The predicted molar refractivity (Wildman–Crippen MR) is 97.9 cm³/mol. The molecule has 0 aliphatic heterocycles. The minimum Gasteiger partial charge on any atom is -0.465 e. The number of carbonyl (C=O) groups excluding carboxylic acids is 2. The van der Waals surface area contributed by atoms with Gasteiger partial charge in [0.25, 0.3) is 5.91 Å². The lowest BCUT2D eigenvalue weighted by Crippen LogP contribution is -2.13. The third-order valence-electron chi connectivity index (χ3n) is 4.17. The SMILES string of the molecule is COC(=O)c1ccc(C(=O)N=c2sc3cc(C)c(C)cc3n2C)cc1. The standard InChI is InChI=1S/C19H18N2O3S/c1-11-9-15-16(10-12(11)2)25-19(21(15)3)20-17(22)13-5-7-14(8-6-13)18(23)24-4/h5-10H,1-4H3. The maximum Gasteiger partial charge on any atom is 0.337 e. The third-order valence-corrected chi connectivity index (χ3v) is 5.27. The van der Waals surface area contributed by atoms with Gasteiger partial charge in [-0.25, -0.2) is 4.79 Å². The fourth-order valence-corrected chi connectivity index (χ4v) is 3.60. The lowest BCUT2D eigenvalue weighted by Gasteiger charge is -2.01. The molecule has 0 bridgehead atoms. The molecule has 2 aromatic carbocycles. The topological polar surface area (TPSA) is 60.7 Å². The molecule has 0 atom stereocenters. The quantitative estimate of drug-likeness (QED) is 0.663. The number of nitrogens with zero attached hydrogens (tertiary/aromatic N) is 2. The van der Waals surface area contributed by atoms with E-state index in [1.807, 2.05) is 11.6 Å². The van der Waals surface area contributed by atoms with Gasteiger partial charge in [-0.2, -0.15) is 4.99 Å². The monoisotopic (exact) mass is 354 g/mol. The van der Waals surface area contributed by atoms with Crippen molar-refractivity contribution in [2.75, 3.05) is 7.11 Å². The van der Waals surface area contributed by atoms with E-state index in [1.165, 1.54) is 29.6 Å². The summed E-state index contributed by atoms with van der Waals surface area (Å²) in [5.41, 5.74) is 4.30. The van der Waals surface area contributed by atoms with Gasteiger partial charge in [0.2, 0.25) is 0 Å². The lowest BCUT2D eigenvalue weighted by molar-refractivity contribution is 0.0600. The van der Waals surface area contributed by atoms with Gasteiger partial charge in [-0.15, -0.1) is 0 Å². The maximum atomic E-state index is 12.4. The Morgan fingerprint density at radius 2 is 1.64 bits per heavy atom. The van der Waals surface area contributed by atoms with Crippen molar-refractivity contribution in [1.82, 2.24) is 4.57 Å². The summed E-state index contributed by atoms with van der Waals surface area (Å²) < 4.78 is 7.67. The molecule has 0 saturated heterocycles. The zero-order chi connectivity index (χ0) is 18.1. The van der Waals surface area contributed by atoms with E-state index < -0.39 is 5.97 Å². The van der Waals surface area contributed by atoms with Crippen LogP contribution in [-0.4, -0.2) is 23.6 Å². The first-order valence-electron chi connectivity index (χ1n) is 7.75. The summed E-state index contributed by atoms with van der Waals surface area (Å²) in [6.07, 6.45) is 0. The average molecular weight is 354 g/mol. The summed E-state index contributed by atoms with van der Waals surface area (Å²) >= 11 is 1.48. The fraction of sp³-hybridized carbons (Fsp3) is 0.211. The molecule has 0 saturated carbocycles. The van der Waals surface area contributed by atoms with Crippen LogP contribution in [0.2, 0.25) is 0 Å². The predicted octanol–water partition coefficient (Wildman–Crippen LogP) is 3.38. The van der Waals surface area contributed by atoms with Gasteiger partial charge < -0.3 is 9.30 Å². The molecular formula is C19H18N2O3S. The number of esters is 1. The normalized spacial score (nSPS) is 11.8. The van der Waals surface area contributed by atoms with Crippen LogP contribution in [0.25, 0.3) is 10.2 Å². The molecule has 5 nitrogen and oxygen atoms in total. The lowest BCUT2D eigenvalue weighted by atomic mass is 10.1. The largest absolute Gasteiger partial charge is 0.465 e. The van der Waals surface area contributed by atoms with Crippen LogP contribution in [0.4, 0.5) is 0 Å². The molecule has 0 fully saturated rings. The van der Waals surface area contributed by atoms with Crippen LogP contribution in [0.5, 0.6) is 0 Å². The molecule has 3 aromatic rings. The number of hydrogen-bond donors (Lipinski definition) is 0. The van der Waals surface area contributed by atoms with Gasteiger partial charge in [-0.05, 0) is 61.4 Å². The second-order valence-corrected chi connectivity index (χ2v) is 6.84. The Kier molecular flexibility index (Phi) is 4.55. The first kappa shape index (κ1) is 17.1. The van der Waals surface area contributed by atoms with Gasteiger partial charge >= 0.3 is 5.97 Å². The number of benzene rings is 2. The number of thiazole rings is 1. The molecule has 1 aromatic heterocycles. The van der Waals surface area contributed by atoms with Gasteiger partial charge in [-0.3, -0.25) is 4.79 Å². The van der Waals surface area contributed by atoms with E-state index in [0.717, 1.165) is 10.2 Å². The molecule has 3 rings (SSSR count). The Labute approximate surface area is 149 Å². The van der Waals surface area contributed by atoms with Crippen molar-refractivity contribution < 1.29 is 14.3 Å². The highest BCUT2D eigenvalue weighted by Crippen LogP contribution is 2.21. The van der Waals surface area contributed by atoms with E-state index in [4.69, 9.17) is 0 Å². The van der Waals surface area contributed by atoms with E-state index in [-0.39, 0.29) is 5.91 Å². The molecule has 0 aliphatic rings. The van der Waals surface area contributed by atoms with Crippen molar-refractivity contribution in [2.24, 2.45) is 12.0 Å². The van der Waals surface area contributed by atoms with E-state index >= 15 is 0 Å². The van der Waals surface area contributed by atoms with E-state index in [9.17, 15) is 9.59 Å². The van der Waals surface area contributed by atoms with E-state index in [1.54, 1.807) is 24.3 Å². The van der Waals surface area contributed by atoms with Crippen molar-refractivity contribution in [2.45, 2.75) is 13.8 Å². The van der Waals surface area contributed by atoms with Crippen LogP contribution in [0, 0.1) is 13.8 Å². The number of hydrogen-bond acceptors (Lipinski definition) is 4. The second kappa shape index (κ2) is 6.64. The summed E-state index contributed by atoms with van der Waals surface area (Å²) in [6, 6.07) is 10.5. The Morgan fingerprint density at radius 3 is 2.28 bits per heavy atom. The third kappa shape index (κ3) is 3.25. The molecule has 0 unspecified atom stereocenters. The number of ether oxygens (including phenoxy) is 1. The van der Waals surface area contributed by atoms with Crippen LogP contribution >= 0.6 is 11.3 Å². The maximum absolute atomic E-state index is 12.4. The number of methoxy groups -OCH3 is 1. The Bertz CT molecular complexity index is 1040. The van der Waals surface area contributed by atoms with Crippen LogP contribution < -0.4 is 4.80 Å². The number of aryl methyl sites for hydroxylation is 3. The number of carbonyl (C=O) groups is 2. The molecule has 0 N–H and O–H groups in total. The summed E-state index contributed by atoms with van der Waals surface area (Å²) in [5.74, 6) is -0.774. The molecule has 128 valence electrons. The van der Waals surface area contributed by atoms with Crippen LogP contribution in [-0.2, 0) is 11.8 Å². The smallest absolute Gasteiger partial charge is 0.337 e. The molecule has 0 spiro atoms. The highest BCUT2D eigenvalue weighted by Gasteiger charge is 2.10. The number of amides is 1. The van der Waals surface area contributed by atoms with Crippen molar-refractivity contribution in [3.8, 4) is 0 Å². The molecule has 1 amide bonds. The van der Waals surface area contributed by atoms with Crippen molar-refractivity contribution in [3.05, 3.63) is 63.5 Å². The summed E-state index contributed by atoms with van der Waals surface area (Å²) in [7, 11) is 3.22. The van der Waals surface area contributed by atoms with Crippen molar-refractivity contribution >= 4 is 33.4 Å². The Morgan fingerprint density at radius 1 is 1.04 bits per heavy atom. The van der Waals surface area contributed by atoms with E-state index in [0.29, 0.717) is 15.9 Å². The number of rotatable bonds is 2. The Balaban J connectivity index is 2.00. The van der Waals surface area contributed by atoms with E-state index in [2.05, 4.69) is 35.7 Å². The van der Waals surface area contributed by atoms with Crippen LogP contribution in [0.3, 0.4) is 0 Å². The second-order valence-electron chi connectivity index (χ2n) is 5.83. The zero-order valence-electron chi connectivity index (χ0n) is 14.5. The molecule has 25 heavy (non-hydrogen) atoms. The average Bonchev–Trinajstić information content (AvgIpc) is 2.90. The van der Waals surface area contributed by atoms with Gasteiger partial charge in [0.05, 0.1) is 22.9 Å². The van der Waals surface area contributed by atoms with Crippen LogP contribution in [0.1, 0.15) is 31.8 Å². The Hall–Kier alpha value is -2.73. The highest BCUT2D eigenvalue weighted by atomic mass is 32.1. The van der Waals surface area contributed by atoms with Crippen molar-refractivity contribution in [3.63, 3.8) is 0 Å².